The number of amides is 1. The number of hydrogen-bond donors (Lipinski definition) is 1. The second-order valence-corrected chi connectivity index (χ2v) is 4.69. The van der Waals surface area contributed by atoms with Gasteiger partial charge in [-0.3, -0.25) is 4.79 Å². The average molecular weight is 302 g/mol. The Kier molecular flexibility index (Phi) is 5.44. The molecule has 17 heavy (non-hydrogen) atoms. The van der Waals surface area contributed by atoms with Crippen LogP contribution in [-0.4, -0.2) is 42.2 Å². The topological polar surface area (TPSA) is 49.8 Å². The van der Waals surface area contributed by atoms with Gasteiger partial charge in [0.15, 0.2) is 6.61 Å². The minimum absolute atomic E-state index is 0.0253. The molecule has 94 valence electrons. The van der Waals surface area contributed by atoms with E-state index in [0.717, 1.165) is 4.47 Å². The molecule has 0 bridgehead atoms. The normalized spacial score (nSPS) is 12.0. The molecule has 0 aromatic heterocycles. The van der Waals surface area contributed by atoms with Crippen molar-refractivity contribution in [2.75, 3.05) is 20.3 Å². The molecule has 0 heterocycles. The largest absolute Gasteiger partial charge is 0.484 e. The van der Waals surface area contributed by atoms with Gasteiger partial charge in [-0.25, -0.2) is 0 Å². The number of carbonyl (C=O) groups is 1. The lowest BCUT2D eigenvalue weighted by Crippen LogP contribution is -2.40. The zero-order valence-corrected chi connectivity index (χ0v) is 11.5. The van der Waals surface area contributed by atoms with Crippen LogP contribution >= 0.6 is 15.9 Å². The molecule has 1 rings (SSSR count). The molecule has 0 aliphatic rings. The molecule has 0 saturated carbocycles. The number of aliphatic hydroxyl groups excluding tert-OH is 1. The zero-order valence-electron chi connectivity index (χ0n) is 9.89. The maximum absolute atomic E-state index is 11.7. The lowest BCUT2D eigenvalue weighted by molar-refractivity contribution is -0.134. The molecule has 1 N–H and O–H groups in total. The highest BCUT2D eigenvalue weighted by Gasteiger charge is 2.15. The van der Waals surface area contributed by atoms with Crippen molar-refractivity contribution in [3.8, 4) is 5.75 Å². The summed E-state index contributed by atoms with van der Waals surface area (Å²) in [6, 6.07) is 7.07. The SMILES string of the molecule is CC(CO)N(C)C(=O)COc1ccc(Br)cc1. The van der Waals surface area contributed by atoms with Gasteiger partial charge in [0.1, 0.15) is 5.75 Å². The van der Waals surface area contributed by atoms with E-state index in [1.807, 2.05) is 12.1 Å². The van der Waals surface area contributed by atoms with Crippen LogP contribution in [0.2, 0.25) is 0 Å². The number of hydrogen-bond acceptors (Lipinski definition) is 3. The molecule has 1 aromatic rings. The average Bonchev–Trinajstić information content (AvgIpc) is 2.35. The predicted molar refractivity (Wildman–Crippen MR) is 69.0 cm³/mol. The number of ether oxygens (including phenoxy) is 1. The van der Waals surface area contributed by atoms with Gasteiger partial charge in [0, 0.05) is 11.5 Å². The Hall–Kier alpha value is -1.07. The maximum Gasteiger partial charge on any atom is 0.260 e. The Morgan fingerprint density at radius 3 is 2.59 bits per heavy atom. The number of likely N-dealkylation sites (N-methyl/N-ethyl adjacent to an activating group) is 1. The first-order chi connectivity index (χ1) is 8.04. The van der Waals surface area contributed by atoms with Gasteiger partial charge in [-0.1, -0.05) is 15.9 Å². The van der Waals surface area contributed by atoms with Crippen molar-refractivity contribution < 1.29 is 14.6 Å². The van der Waals surface area contributed by atoms with Crippen molar-refractivity contribution in [3.63, 3.8) is 0 Å². The van der Waals surface area contributed by atoms with Gasteiger partial charge in [-0.15, -0.1) is 0 Å². The molecule has 1 amide bonds. The lowest BCUT2D eigenvalue weighted by Gasteiger charge is -2.23. The second-order valence-electron chi connectivity index (χ2n) is 3.78. The van der Waals surface area contributed by atoms with E-state index in [9.17, 15) is 4.79 Å². The summed E-state index contributed by atoms with van der Waals surface area (Å²) >= 11 is 3.32. The van der Waals surface area contributed by atoms with Crippen LogP contribution in [0.15, 0.2) is 28.7 Å². The van der Waals surface area contributed by atoms with Gasteiger partial charge in [-0.2, -0.15) is 0 Å². The molecule has 0 aliphatic heterocycles. The fourth-order valence-electron chi connectivity index (χ4n) is 1.15. The van der Waals surface area contributed by atoms with Gasteiger partial charge in [0.25, 0.3) is 5.91 Å². The van der Waals surface area contributed by atoms with Crippen LogP contribution in [0.4, 0.5) is 0 Å². The Bertz CT molecular complexity index is 367. The molecule has 0 radical (unpaired) electrons. The van der Waals surface area contributed by atoms with E-state index in [4.69, 9.17) is 9.84 Å². The number of nitrogens with zero attached hydrogens (tertiary/aromatic N) is 1. The highest BCUT2D eigenvalue weighted by Crippen LogP contribution is 2.16. The van der Waals surface area contributed by atoms with Crippen molar-refractivity contribution in [2.45, 2.75) is 13.0 Å². The van der Waals surface area contributed by atoms with E-state index in [0.29, 0.717) is 5.75 Å². The smallest absolute Gasteiger partial charge is 0.260 e. The lowest BCUT2D eigenvalue weighted by atomic mass is 10.3. The molecule has 5 heteroatoms. The molecule has 0 fully saturated rings. The molecule has 1 aromatic carbocycles. The number of aliphatic hydroxyl groups is 1. The number of benzene rings is 1. The van der Waals surface area contributed by atoms with Gasteiger partial charge < -0.3 is 14.7 Å². The Labute approximate surface area is 109 Å². The molecule has 1 unspecified atom stereocenters. The first-order valence-electron chi connectivity index (χ1n) is 5.29. The molecular weight excluding hydrogens is 286 g/mol. The van der Waals surface area contributed by atoms with Crippen LogP contribution in [0, 0.1) is 0 Å². The van der Waals surface area contributed by atoms with Crippen molar-refractivity contribution in [3.05, 3.63) is 28.7 Å². The zero-order chi connectivity index (χ0) is 12.8. The predicted octanol–water partition coefficient (Wildman–Crippen LogP) is 1.67. The van der Waals surface area contributed by atoms with Crippen LogP contribution in [0.25, 0.3) is 0 Å². The summed E-state index contributed by atoms with van der Waals surface area (Å²) in [7, 11) is 1.65. The summed E-state index contributed by atoms with van der Waals surface area (Å²) in [5.41, 5.74) is 0. The quantitative estimate of drug-likeness (QED) is 0.900. The summed E-state index contributed by atoms with van der Waals surface area (Å²) in [6.45, 7) is 1.69. The summed E-state index contributed by atoms with van der Waals surface area (Å²) < 4.78 is 6.31. The molecule has 1 atom stereocenters. The van der Waals surface area contributed by atoms with Gasteiger partial charge in [-0.05, 0) is 31.2 Å². The number of rotatable bonds is 5. The van der Waals surface area contributed by atoms with E-state index >= 15 is 0 Å². The Morgan fingerprint density at radius 1 is 1.47 bits per heavy atom. The van der Waals surface area contributed by atoms with Crippen molar-refractivity contribution in [2.24, 2.45) is 0 Å². The van der Waals surface area contributed by atoms with E-state index in [1.54, 1.807) is 26.1 Å². The highest BCUT2D eigenvalue weighted by molar-refractivity contribution is 9.10. The van der Waals surface area contributed by atoms with Gasteiger partial charge in [0.2, 0.25) is 0 Å². The molecule has 0 saturated heterocycles. The fourth-order valence-corrected chi connectivity index (χ4v) is 1.41. The maximum atomic E-state index is 11.7. The van der Waals surface area contributed by atoms with Crippen LogP contribution < -0.4 is 4.74 Å². The third kappa shape index (κ3) is 4.36. The van der Waals surface area contributed by atoms with E-state index < -0.39 is 0 Å². The summed E-state index contributed by atoms with van der Waals surface area (Å²) in [5.74, 6) is 0.487. The van der Waals surface area contributed by atoms with Crippen LogP contribution in [0.5, 0.6) is 5.75 Å². The van der Waals surface area contributed by atoms with Crippen molar-refractivity contribution in [1.82, 2.24) is 4.90 Å². The first-order valence-corrected chi connectivity index (χ1v) is 6.08. The van der Waals surface area contributed by atoms with Crippen LogP contribution in [0.1, 0.15) is 6.92 Å². The highest BCUT2D eigenvalue weighted by atomic mass is 79.9. The molecular formula is C12H16BrNO3. The standard InChI is InChI=1S/C12H16BrNO3/c1-9(7-15)14(2)12(16)8-17-11-5-3-10(13)4-6-11/h3-6,9,15H,7-8H2,1-2H3. The number of halogens is 1. The monoisotopic (exact) mass is 301 g/mol. The first kappa shape index (κ1) is 14.0. The second kappa shape index (κ2) is 6.61. The van der Waals surface area contributed by atoms with Gasteiger partial charge >= 0.3 is 0 Å². The summed E-state index contributed by atoms with van der Waals surface area (Å²) in [4.78, 5) is 13.1. The minimum Gasteiger partial charge on any atom is -0.484 e. The fraction of sp³-hybridized carbons (Fsp3) is 0.417. The molecule has 0 aliphatic carbocycles. The van der Waals surface area contributed by atoms with E-state index in [1.165, 1.54) is 4.90 Å². The van der Waals surface area contributed by atoms with Crippen LogP contribution in [0.3, 0.4) is 0 Å². The number of carbonyl (C=O) groups excluding carboxylic acids is 1. The Balaban J connectivity index is 2.45. The Morgan fingerprint density at radius 2 is 2.06 bits per heavy atom. The van der Waals surface area contributed by atoms with E-state index in [-0.39, 0.29) is 25.2 Å². The van der Waals surface area contributed by atoms with Crippen molar-refractivity contribution >= 4 is 21.8 Å². The summed E-state index contributed by atoms with van der Waals surface area (Å²) in [5, 5.41) is 8.93. The molecule has 4 nitrogen and oxygen atoms in total. The molecule has 0 spiro atoms. The summed E-state index contributed by atoms with van der Waals surface area (Å²) in [6.07, 6.45) is 0. The third-order valence-electron chi connectivity index (χ3n) is 2.49. The van der Waals surface area contributed by atoms with Gasteiger partial charge in [0.05, 0.1) is 12.6 Å². The van der Waals surface area contributed by atoms with Crippen LogP contribution in [-0.2, 0) is 4.79 Å². The minimum atomic E-state index is -0.198. The third-order valence-corrected chi connectivity index (χ3v) is 3.02. The van der Waals surface area contributed by atoms with Crippen molar-refractivity contribution in [1.29, 1.82) is 0 Å². The van der Waals surface area contributed by atoms with E-state index in [2.05, 4.69) is 15.9 Å².